The number of alkyl halides is 2. The molecule has 0 spiro atoms. The number of aromatic nitrogens is 1. The zero-order valence-electron chi connectivity index (χ0n) is 7.35. The van der Waals surface area contributed by atoms with Crippen LogP contribution in [-0.2, 0) is 0 Å². The number of aromatic carboxylic acids is 1. The fourth-order valence-corrected chi connectivity index (χ4v) is 0.974. The highest BCUT2D eigenvalue weighted by molar-refractivity contribution is 5.88. The van der Waals surface area contributed by atoms with Crippen LogP contribution in [-0.4, -0.2) is 21.0 Å². The lowest BCUT2D eigenvalue weighted by molar-refractivity contribution is -0.389. The van der Waals surface area contributed by atoms with E-state index in [-0.39, 0.29) is 0 Å². The number of nitro groups is 1. The molecule has 0 fully saturated rings. The van der Waals surface area contributed by atoms with Crippen molar-refractivity contribution in [1.29, 1.82) is 0 Å². The summed E-state index contributed by atoms with van der Waals surface area (Å²) in [6.45, 7) is 0. The number of rotatable bonds is 3. The molecule has 0 amide bonds. The molecule has 1 heterocycles. The third-order valence-electron chi connectivity index (χ3n) is 1.64. The lowest BCUT2D eigenvalue weighted by Crippen LogP contribution is -2.09. The summed E-state index contributed by atoms with van der Waals surface area (Å²) >= 11 is 0. The standard InChI is InChI=1S/C7H3F3N2O4/c8-3-2(7(13)14)1-11-4(6(9)10)5(3)12(15)16/h1,6H,(H,13,14). The molecule has 9 heteroatoms. The first-order valence-corrected chi connectivity index (χ1v) is 3.70. The molecule has 0 saturated carbocycles. The van der Waals surface area contributed by atoms with Gasteiger partial charge >= 0.3 is 11.7 Å². The van der Waals surface area contributed by atoms with Gasteiger partial charge in [-0.25, -0.2) is 18.6 Å². The van der Waals surface area contributed by atoms with Crippen molar-refractivity contribution in [3.8, 4) is 0 Å². The Kier molecular flexibility index (Phi) is 3.06. The van der Waals surface area contributed by atoms with E-state index in [1.165, 1.54) is 0 Å². The minimum atomic E-state index is -3.36. The van der Waals surface area contributed by atoms with Gasteiger partial charge in [0.15, 0.2) is 5.69 Å². The third kappa shape index (κ3) is 1.92. The number of hydrogen-bond acceptors (Lipinski definition) is 4. The Balaban J connectivity index is 3.54. The van der Waals surface area contributed by atoms with Crippen LogP contribution in [0.3, 0.4) is 0 Å². The predicted octanol–water partition coefficient (Wildman–Crippen LogP) is 1.76. The Morgan fingerprint density at radius 2 is 2.12 bits per heavy atom. The molecule has 0 atom stereocenters. The molecule has 0 saturated heterocycles. The Hall–Kier alpha value is -2.19. The summed E-state index contributed by atoms with van der Waals surface area (Å²) in [7, 11) is 0. The maximum absolute atomic E-state index is 13.2. The largest absolute Gasteiger partial charge is 0.478 e. The monoisotopic (exact) mass is 236 g/mol. The fraction of sp³-hybridized carbons (Fsp3) is 0.143. The summed E-state index contributed by atoms with van der Waals surface area (Å²) in [5, 5.41) is 18.7. The Morgan fingerprint density at radius 1 is 1.56 bits per heavy atom. The van der Waals surface area contributed by atoms with Crippen LogP contribution < -0.4 is 0 Å². The van der Waals surface area contributed by atoms with Crippen LogP contribution >= 0.6 is 0 Å². The van der Waals surface area contributed by atoms with Gasteiger partial charge in [-0.1, -0.05) is 0 Å². The molecule has 0 aliphatic heterocycles. The van der Waals surface area contributed by atoms with Gasteiger partial charge in [0, 0.05) is 6.20 Å². The number of carboxylic acids is 1. The molecule has 1 rings (SSSR count). The minimum absolute atomic E-state index is 0.312. The highest BCUT2D eigenvalue weighted by atomic mass is 19.3. The van der Waals surface area contributed by atoms with E-state index in [0.29, 0.717) is 6.20 Å². The van der Waals surface area contributed by atoms with Gasteiger partial charge in [-0.3, -0.25) is 10.1 Å². The molecule has 1 N–H and O–H groups in total. The van der Waals surface area contributed by atoms with E-state index >= 15 is 0 Å². The molecule has 1 aromatic heterocycles. The zero-order valence-corrected chi connectivity index (χ0v) is 7.35. The van der Waals surface area contributed by atoms with E-state index in [0.717, 1.165) is 0 Å². The maximum Gasteiger partial charge on any atom is 0.340 e. The van der Waals surface area contributed by atoms with Crippen LogP contribution in [0.4, 0.5) is 18.9 Å². The van der Waals surface area contributed by atoms with Crippen molar-refractivity contribution < 1.29 is 28.0 Å². The van der Waals surface area contributed by atoms with Gasteiger partial charge < -0.3 is 5.11 Å². The molecule has 0 unspecified atom stereocenters. The smallest absolute Gasteiger partial charge is 0.340 e. The van der Waals surface area contributed by atoms with E-state index in [1.807, 2.05) is 0 Å². The number of carbonyl (C=O) groups is 1. The van der Waals surface area contributed by atoms with Gasteiger partial charge in [0.25, 0.3) is 6.43 Å². The lowest BCUT2D eigenvalue weighted by Gasteiger charge is -2.03. The second kappa shape index (κ2) is 4.13. The number of carboxylic acid groups (broad SMARTS) is 1. The van der Waals surface area contributed by atoms with Crippen LogP contribution in [0.2, 0.25) is 0 Å². The van der Waals surface area contributed by atoms with Gasteiger partial charge in [-0.2, -0.15) is 4.39 Å². The molecule has 0 aliphatic rings. The van der Waals surface area contributed by atoms with Gasteiger partial charge in [0.05, 0.1) is 4.92 Å². The first-order valence-electron chi connectivity index (χ1n) is 3.70. The predicted molar refractivity (Wildman–Crippen MR) is 42.8 cm³/mol. The summed E-state index contributed by atoms with van der Waals surface area (Å²) in [6.07, 6.45) is -3.05. The second-order valence-corrected chi connectivity index (χ2v) is 2.58. The van der Waals surface area contributed by atoms with Gasteiger partial charge in [0.1, 0.15) is 5.56 Å². The van der Waals surface area contributed by atoms with Gasteiger partial charge in [-0.05, 0) is 0 Å². The van der Waals surface area contributed by atoms with Gasteiger partial charge in [0.2, 0.25) is 5.82 Å². The van der Waals surface area contributed by atoms with E-state index in [9.17, 15) is 28.1 Å². The molecular formula is C7H3F3N2O4. The molecule has 0 aromatic carbocycles. The molecule has 0 bridgehead atoms. The van der Waals surface area contributed by atoms with Crippen molar-refractivity contribution in [2.75, 3.05) is 0 Å². The van der Waals surface area contributed by atoms with Crippen LogP contribution in [0.5, 0.6) is 0 Å². The molecule has 0 radical (unpaired) electrons. The molecule has 16 heavy (non-hydrogen) atoms. The number of pyridine rings is 1. The quantitative estimate of drug-likeness (QED) is 0.637. The average Bonchev–Trinajstić information content (AvgIpc) is 2.15. The first kappa shape index (κ1) is 11.9. The highest BCUT2D eigenvalue weighted by Gasteiger charge is 2.32. The van der Waals surface area contributed by atoms with E-state index in [2.05, 4.69) is 4.98 Å². The Morgan fingerprint density at radius 3 is 2.50 bits per heavy atom. The second-order valence-electron chi connectivity index (χ2n) is 2.58. The van der Waals surface area contributed by atoms with Crippen molar-refractivity contribution >= 4 is 11.7 Å². The molecular weight excluding hydrogens is 233 g/mol. The SMILES string of the molecule is O=C(O)c1cnc(C(F)F)c([N+](=O)[O-])c1F. The van der Waals surface area contributed by atoms with Crippen LogP contribution in [0, 0.1) is 15.9 Å². The van der Waals surface area contributed by atoms with Crippen LogP contribution in [0.15, 0.2) is 6.20 Å². The third-order valence-corrected chi connectivity index (χ3v) is 1.64. The lowest BCUT2D eigenvalue weighted by atomic mass is 10.2. The summed E-state index contributed by atoms with van der Waals surface area (Å²) in [5.74, 6) is -3.66. The highest BCUT2D eigenvalue weighted by Crippen LogP contribution is 2.30. The van der Waals surface area contributed by atoms with Crippen LogP contribution in [0.1, 0.15) is 22.5 Å². The van der Waals surface area contributed by atoms with Crippen LogP contribution in [0.25, 0.3) is 0 Å². The maximum atomic E-state index is 13.2. The summed E-state index contributed by atoms with van der Waals surface area (Å²) < 4.78 is 37.6. The molecule has 1 aromatic rings. The number of nitrogens with zero attached hydrogens (tertiary/aromatic N) is 2. The summed E-state index contributed by atoms with van der Waals surface area (Å²) in [6, 6.07) is 0. The number of halogens is 3. The Labute approximate surface area is 85.5 Å². The number of hydrogen-bond donors (Lipinski definition) is 1. The molecule has 6 nitrogen and oxygen atoms in total. The van der Waals surface area contributed by atoms with E-state index in [4.69, 9.17) is 5.11 Å². The molecule has 86 valence electrons. The normalized spacial score (nSPS) is 10.5. The summed E-state index contributed by atoms with van der Waals surface area (Å²) in [4.78, 5) is 22.1. The fourth-order valence-electron chi connectivity index (χ4n) is 0.974. The summed E-state index contributed by atoms with van der Waals surface area (Å²) in [5.41, 5.74) is -4.14. The van der Waals surface area contributed by atoms with Crippen molar-refractivity contribution in [3.63, 3.8) is 0 Å². The zero-order chi connectivity index (χ0) is 12.5. The van der Waals surface area contributed by atoms with E-state index in [1.54, 1.807) is 0 Å². The van der Waals surface area contributed by atoms with Crippen molar-refractivity contribution in [1.82, 2.24) is 4.98 Å². The Bertz CT molecular complexity index is 463. The van der Waals surface area contributed by atoms with Crippen molar-refractivity contribution in [2.45, 2.75) is 6.43 Å². The van der Waals surface area contributed by atoms with Crippen molar-refractivity contribution in [2.24, 2.45) is 0 Å². The average molecular weight is 236 g/mol. The minimum Gasteiger partial charge on any atom is -0.478 e. The van der Waals surface area contributed by atoms with Gasteiger partial charge in [-0.15, -0.1) is 0 Å². The van der Waals surface area contributed by atoms with Crippen molar-refractivity contribution in [3.05, 3.63) is 33.4 Å². The van der Waals surface area contributed by atoms with E-state index < -0.39 is 40.1 Å². The molecule has 0 aliphatic carbocycles. The first-order chi connectivity index (χ1) is 7.36. The topological polar surface area (TPSA) is 93.3 Å².